The number of nitrogens with zero attached hydrogens (tertiary/aromatic N) is 6. The Labute approximate surface area is 352 Å². The highest BCUT2D eigenvalue weighted by Crippen LogP contribution is 2.53. The molecule has 0 spiro atoms. The van der Waals surface area contributed by atoms with Gasteiger partial charge in [0.05, 0.1) is 34.5 Å². The van der Waals surface area contributed by atoms with Crippen molar-refractivity contribution < 1.29 is 0 Å². The molecular formula is C54H28N6S. The Morgan fingerprint density at radius 1 is 0.492 bits per heavy atom. The lowest BCUT2D eigenvalue weighted by Crippen LogP contribution is -2.09. The summed E-state index contributed by atoms with van der Waals surface area (Å²) in [6, 6.07) is 57.1. The van der Waals surface area contributed by atoms with Crippen LogP contribution in [0.4, 0.5) is 5.69 Å². The molecule has 13 rings (SSSR count). The van der Waals surface area contributed by atoms with E-state index in [9.17, 15) is 5.26 Å². The van der Waals surface area contributed by atoms with Crippen molar-refractivity contribution in [2.75, 3.05) is 0 Å². The van der Waals surface area contributed by atoms with Crippen LogP contribution >= 0.6 is 11.3 Å². The summed E-state index contributed by atoms with van der Waals surface area (Å²) < 4.78 is 6.77. The van der Waals surface area contributed by atoms with Crippen LogP contribution in [0.3, 0.4) is 0 Å². The van der Waals surface area contributed by atoms with Gasteiger partial charge in [-0.1, -0.05) is 121 Å². The van der Waals surface area contributed by atoms with Crippen molar-refractivity contribution in [1.29, 1.82) is 5.26 Å². The summed E-state index contributed by atoms with van der Waals surface area (Å²) in [6.07, 6.45) is 3.72. The van der Waals surface area contributed by atoms with Crippen molar-refractivity contribution in [2.24, 2.45) is 0 Å². The largest absolute Gasteiger partial charge is 0.307 e. The molecule has 0 aliphatic rings. The van der Waals surface area contributed by atoms with Crippen LogP contribution in [0.15, 0.2) is 170 Å². The molecule has 7 heteroatoms. The van der Waals surface area contributed by atoms with Crippen LogP contribution in [0.1, 0.15) is 5.56 Å². The van der Waals surface area contributed by atoms with Crippen molar-refractivity contribution in [3.8, 4) is 39.7 Å². The molecule has 0 saturated heterocycles. The Bertz CT molecular complexity index is 3980. The van der Waals surface area contributed by atoms with E-state index in [4.69, 9.17) is 16.5 Å². The fourth-order valence-electron chi connectivity index (χ4n) is 10.0. The van der Waals surface area contributed by atoms with Gasteiger partial charge in [0.1, 0.15) is 17.4 Å². The first-order valence-electron chi connectivity index (χ1n) is 20.1. The van der Waals surface area contributed by atoms with Crippen molar-refractivity contribution in [3.63, 3.8) is 0 Å². The lowest BCUT2D eigenvalue weighted by atomic mass is 9.88. The molecule has 8 aromatic carbocycles. The maximum atomic E-state index is 11.7. The Morgan fingerprint density at radius 2 is 1.07 bits per heavy atom. The van der Waals surface area contributed by atoms with Gasteiger partial charge < -0.3 is 4.57 Å². The molecule has 6 nitrogen and oxygen atoms in total. The summed E-state index contributed by atoms with van der Waals surface area (Å²) in [6.45, 7) is 9.13. The summed E-state index contributed by atoms with van der Waals surface area (Å²) in [4.78, 5) is 14.7. The minimum Gasteiger partial charge on any atom is -0.307 e. The van der Waals surface area contributed by atoms with Crippen LogP contribution in [0.25, 0.3) is 124 Å². The zero-order valence-electron chi connectivity index (χ0n) is 32.3. The van der Waals surface area contributed by atoms with Gasteiger partial charge >= 0.3 is 0 Å². The van der Waals surface area contributed by atoms with Gasteiger partial charge in [0.2, 0.25) is 5.69 Å². The van der Waals surface area contributed by atoms with Crippen LogP contribution in [0.2, 0.25) is 0 Å². The first-order chi connectivity index (χ1) is 30.2. The fraction of sp³-hybridized carbons (Fsp3) is 0. The lowest BCUT2D eigenvalue weighted by Gasteiger charge is -2.25. The smallest absolute Gasteiger partial charge is 0.220 e. The molecule has 0 radical (unpaired) electrons. The number of benzene rings is 8. The summed E-state index contributed by atoms with van der Waals surface area (Å²) in [5.74, 6) is 0. The van der Waals surface area contributed by atoms with Gasteiger partial charge in [-0.25, -0.2) is 14.8 Å². The van der Waals surface area contributed by atoms with Crippen LogP contribution in [-0.2, 0) is 0 Å². The maximum absolute atomic E-state index is 11.7. The van der Waals surface area contributed by atoms with Crippen molar-refractivity contribution in [2.45, 2.75) is 0 Å². The quantitative estimate of drug-likeness (QED) is 0.132. The second-order valence-electron chi connectivity index (χ2n) is 15.4. The van der Waals surface area contributed by atoms with E-state index in [2.05, 4.69) is 129 Å². The molecule has 0 unspecified atom stereocenters. The number of nitriles is 1. The first kappa shape index (κ1) is 33.6. The van der Waals surface area contributed by atoms with Crippen LogP contribution in [-0.4, -0.2) is 19.1 Å². The number of fused-ring (bicyclic) bond motifs is 9. The normalized spacial score (nSPS) is 11.9. The monoisotopic (exact) mass is 792 g/mol. The number of aromatic nitrogens is 4. The molecule has 0 amide bonds. The summed E-state index contributed by atoms with van der Waals surface area (Å²) in [5, 5.41) is 22.7. The van der Waals surface area contributed by atoms with Crippen molar-refractivity contribution >= 4 is 103 Å². The predicted octanol–water partition coefficient (Wildman–Crippen LogP) is 14.5. The highest BCUT2D eigenvalue weighted by Gasteiger charge is 2.33. The van der Waals surface area contributed by atoms with E-state index >= 15 is 0 Å². The number of hydrogen-bond acceptors (Lipinski definition) is 4. The lowest BCUT2D eigenvalue weighted by molar-refractivity contribution is 1.09. The van der Waals surface area contributed by atoms with Gasteiger partial charge in [0, 0.05) is 65.2 Å². The molecule has 5 heterocycles. The minimum absolute atomic E-state index is 0.355. The SMILES string of the molecule is [C-]#[N+]c1c(-c2ccccc2)c(C#N)c(-n2c3ccccc3c3cc4c(cc32)sc2ccccc24)c(-c2ccccc2)c1-n1c2nccc3c4ccccc4c4ccnc1c4c32. The van der Waals surface area contributed by atoms with Gasteiger partial charge in [-0.3, -0.25) is 4.57 Å². The van der Waals surface area contributed by atoms with Crippen molar-refractivity contribution in [3.05, 3.63) is 187 Å². The molecule has 0 N–H and O–H groups in total. The molecule has 0 aliphatic heterocycles. The molecule has 280 valence electrons. The Kier molecular flexibility index (Phi) is 6.92. The van der Waals surface area contributed by atoms with E-state index in [1.54, 1.807) is 11.3 Å². The third-order valence-corrected chi connectivity index (χ3v) is 13.6. The fourth-order valence-corrected chi connectivity index (χ4v) is 11.1. The summed E-state index contributed by atoms with van der Waals surface area (Å²) in [5.41, 5.74) is 8.39. The Morgan fingerprint density at radius 3 is 1.70 bits per heavy atom. The average Bonchev–Trinajstić information content (AvgIpc) is 3.97. The number of rotatable bonds is 4. The van der Waals surface area contributed by atoms with Gasteiger partial charge in [-0.2, -0.15) is 5.26 Å². The molecule has 0 atom stereocenters. The van der Waals surface area contributed by atoms with Gasteiger partial charge in [-0.05, 0) is 69.1 Å². The van der Waals surface area contributed by atoms with E-state index in [-0.39, 0.29) is 0 Å². The number of thiophene rings is 1. The van der Waals surface area contributed by atoms with Gasteiger partial charge in [0.25, 0.3) is 0 Å². The average molecular weight is 793 g/mol. The molecule has 61 heavy (non-hydrogen) atoms. The highest BCUT2D eigenvalue weighted by molar-refractivity contribution is 7.25. The Balaban J connectivity index is 1.31. The second kappa shape index (κ2) is 12.6. The van der Waals surface area contributed by atoms with E-state index in [0.717, 1.165) is 75.5 Å². The molecule has 0 aliphatic carbocycles. The third-order valence-electron chi connectivity index (χ3n) is 12.4. The maximum Gasteiger partial charge on any atom is 0.220 e. The van der Waals surface area contributed by atoms with Gasteiger partial charge in [-0.15, -0.1) is 11.3 Å². The topological polar surface area (TPSA) is 63.8 Å². The number of para-hydroxylation sites is 1. The van der Waals surface area contributed by atoms with E-state index in [0.29, 0.717) is 39.5 Å². The van der Waals surface area contributed by atoms with Crippen LogP contribution < -0.4 is 0 Å². The highest BCUT2D eigenvalue weighted by atomic mass is 32.1. The minimum atomic E-state index is 0.355. The van der Waals surface area contributed by atoms with Crippen LogP contribution in [0, 0.1) is 17.9 Å². The number of hydrogen-bond donors (Lipinski definition) is 0. The molecule has 0 saturated carbocycles. The molecule has 5 aromatic heterocycles. The molecule has 13 aromatic rings. The molecule has 0 fully saturated rings. The predicted molar refractivity (Wildman–Crippen MR) is 252 cm³/mol. The van der Waals surface area contributed by atoms with E-state index in [1.165, 1.54) is 15.5 Å². The zero-order valence-corrected chi connectivity index (χ0v) is 33.1. The third kappa shape index (κ3) is 4.47. The summed E-state index contributed by atoms with van der Waals surface area (Å²) in [7, 11) is 0. The molecular weight excluding hydrogens is 765 g/mol. The number of pyridine rings is 2. The molecule has 0 bridgehead atoms. The van der Waals surface area contributed by atoms with E-state index < -0.39 is 0 Å². The first-order valence-corrected chi connectivity index (χ1v) is 20.9. The van der Waals surface area contributed by atoms with Gasteiger partial charge in [0.15, 0.2) is 0 Å². The second-order valence-corrected chi connectivity index (χ2v) is 16.5. The van der Waals surface area contributed by atoms with E-state index in [1.807, 2.05) is 60.9 Å². The van der Waals surface area contributed by atoms with Crippen molar-refractivity contribution in [1.82, 2.24) is 19.1 Å². The Hall–Kier alpha value is -8.36. The van der Waals surface area contributed by atoms with Crippen LogP contribution in [0.5, 0.6) is 0 Å². The zero-order chi connectivity index (χ0) is 40.3. The standard InChI is InChI=1S/C54H28N6S/c1-56-50-46(31-14-4-2-5-15-31)41(30-55)51(59-42-22-12-10-20-35(42)39-28-40-36-21-11-13-23-44(36)61-45(40)29-43(39)59)47(32-16-6-3-7-17-32)52(50)60-53-48-37(24-26-57-53)33-18-8-9-19-34(33)38-25-27-58-54(60)49(38)48/h2-29H. The summed E-state index contributed by atoms with van der Waals surface area (Å²) >= 11 is 1.78.